The highest BCUT2D eigenvalue weighted by Crippen LogP contribution is 2.31. The lowest BCUT2D eigenvalue weighted by atomic mass is 9.79. The van der Waals surface area contributed by atoms with Gasteiger partial charge in [0.05, 0.1) is 5.60 Å². The third-order valence-electron chi connectivity index (χ3n) is 3.73. The van der Waals surface area contributed by atoms with E-state index in [2.05, 4.69) is 17.6 Å². The van der Waals surface area contributed by atoms with Crippen molar-refractivity contribution in [2.45, 2.75) is 64.5 Å². The number of carbonyl (C=O) groups is 1. The lowest BCUT2D eigenvalue weighted by Gasteiger charge is -2.35. The van der Waals surface area contributed by atoms with Crippen LogP contribution in [0.3, 0.4) is 0 Å². The van der Waals surface area contributed by atoms with E-state index in [4.69, 9.17) is 0 Å². The molecule has 0 aromatic heterocycles. The third kappa shape index (κ3) is 5.36. The molecular formula is C14H28N2O2. The lowest BCUT2D eigenvalue weighted by Crippen LogP contribution is -2.46. The first kappa shape index (κ1) is 15.4. The van der Waals surface area contributed by atoms with E-state index in [9.17, 15) is 9.90 Å². The van der Waals surface area contributed by atoms with E-state index in [1.165, 1.54) is 6.42 Å². The minimum Gasteiger partial charge on any atom is -0.388 e. The summed E-state index contributed by atoms with van der Waals surface area (Å²) in [5.41, 5.74) is -0.686. The highest BCUT2D eigenvalue weighted by Gasteiger charge is 2.32. The molecule has 106 valence electrons. The summed E-state index contributed by atoms with van der Waals surface area (Å²) in [7, 11) is 0. The minimum atomic E-state index is -0.686. The fourth-order valence-electron chi connectivity index (χ4n) is 2.83. The second kappa shape index (κ2) is 7.10. The summed E-state index contributed by atoms with van der Waals surface area (Å²) >= 11 is 0. The summed E-state index contributed by atoms with van der Waals surface area (Å²) in [6.07, 6.45) is 4.32. The summed E-state index contributed by atoms with van der Waals surface area (Å²) in [5.74, 6) is 0.580. The molecule has 1 aliphatic carbocycles. The van der Waals surface area contributed by atoms with E-state index in [1.807, 2.05) is 13.8 Å². The van der Waals surface area contributed by atoms with Crippen LogP contribution in [0.15, 0.2) is 0 Å². The summed E-state index contributed by atoms with van der Waals surface area (Å²) < 4.78 is 0. The first-order chi connectivity index (χ1) is 8.45. The maximum atomic E-state index is 11.7. The van der Waals surface area contributed by atoms with Crippen molar-refractivity contribution in [2.24, 2.45) is 5.92 Å². The van der Waals surface area contributed by atoms with Crippen LogP contribution in [0.5, 0.6) is 0 Å². The molecule has 1 fully saturated rings. The van der Waals surface area contributed by atoms with Crippen LogP contribution in [0.1, 0.15) is 52.9 Å². The first-order valence-electron chi connectivity index (χ1n) is 7.17. The summed E-state index contributed by atoms with van der Waals surface area (Å²) in [6, 6.07) is 0.190. The van der Waals surface area contributed by atoms with Gasteiger partial charge in [0.2, 0.25) is 5.91 Å². The fourth-order valence-corrected chi connectivity index (χ4v) is 2.83. The number of carbonyl (C=O) groups excluding carboxylic acids is 1. The van der Waals surface area contributed by atoms with Crippen molar-refractivity contribution < 1.29 is 9.90 Å². The molecule has 1 rings (SSSR count). The van der Waals surface area contributed by atoms with Crippen molar-refractivity contribution in [1.29, 1.82) is 0 Å². The Bertz CT molecular complexity index is 271. The standard InChI is InChI=1S/C14H28N2O2/c1-4-15-12(3)8-13(17)16-10-14(18)7-5-6-11(2)9-14/h11-12,15,18H,4-10H2,1-3H3,(H,16,17). The number of nitrogens with one attached hydrogen (secondary N) is 2. The van der Waals surface area contributed by atoms with E-state index in [0.29, 0.717) is 18.9 Å². The molecule has 0 aliphatic heterocycles. The smallest absolute Gasteiger partial charge is 0.221 e. The van der Waals surface area contributed by atoms with Gasteiger partial charge in [-0.2, -0.15) is 0 Å². The van der Waals surface area contributed by atoms with Gasteiger partial charge >= 0.3 is 0 Å². The Morgan fingerprint density at radius 1 is 1.56 bits per heavy atom. The molecule has 0 spiro atoms. The molecular weight excluding hydrogens is 228 g/mol. The zero-order valence-corrected chi connectivity index (χ0v) is 12.0. The molecule has 1 amide bonds. The molecule has 4 nitrogen and oxygen atoms in total. The third-order valence-corrected chi connectivity index (χ3v) is 3.73. The van der Waals surface area contributed by atoms with Crippen molar-refractivity contribution in [1.82, 2.24) is 10.6 Å². The van der Waals surface area contributed by atoms with Gasteiger partial charge in [0.1, 0.15) is 0 Å². The molecule has 4 heteroatoms. The maximum absolute atomic E-state index is 11.7. The van der Waals surface area contributed by atoms with E-state index in [1.54, 1.807) is 0 Å². The van der Waals surface area contributed by atoms with E-state index < -0.39 is 5.60 Å². The zero-order valence-electron chi connectivity index (χ0n) is 12.0. The number of amides is 1. The van der Waals surface area contributed by atoms with Crippen LogP contribution in [0.25, 0.3) is 0 Å². The number of aliphatic hydroxyl groups is 1. The Kier molecular flexibility index (Phi) is 6.09. The fraction of sp³-hybridized carbons (Fsp3) is 0.929. The molecule has 0 radical (unpaired) electrons. The van der Waals surface area contributed by atoms with Gasteiger partial charge < -0.3 is 15.7 Å². The van der Waals surface area contributed by atoms with Crippen molar-refractivity contribution in [2.75, 3.05) is 13.1 Å². The second-order valence-electron chi connectivity index (χ2n) is 5.87. The van der Waals surface area contributed by atoms with Gasteiger partial charge in [-0.15, -0.1) is 0 Å². The van der Waals surface area contributed by atoms with Gasteiger partial charge in [-0.1, -0.05) is 26.7 Å². The zero-order chi connectivity index (χ0) is 13.6. The molecule has 3 N–H and O–H groups in total. The summed E-state index contributed by atoms with van der Waals surface area (Å²) in [4.78, 5) is 11.7. The quantitative estimate of drug-likeness (QED) is 0.674. The van der Waals surface area contributed by atoms with E-state index >= 15 is 0 Å². The van der Waals surface area contributed by atoms with Crippen molar-refractivity contribution in [3.8, 4) is 0 Å². The SMILES string of the molecule is CCNC(C)CC(=O)NCC1(O)CCCC(C)C1. The van der Waals surface area contributed by atoms with Crippen LogP contribution in [-0.2, 0) is 4.79 Å². The van der Waals surface area contributed by atoms with Crippen LogP contribution >= 0.6 is 0 Å². The Morgan fingerprint density at radius 3 is 2.89 bits per heavy atom. The van der Waals surface area contributed by atoms with Crippen molar-refractivity contribution in [3.05, 3.63) is 0 Å². The molecule has 0 heterocycles. The molecule has 0 saturated heterocycles. The Hall–Kier alpha value is -0.610. The van der Waals surface area contributed by atoms with Gasteiger partial charge in [-0.25, -0.2) is 0 Å². The van der Waals surface area contributed by atoms with E-state index in [-0.39, 0.29) is 11.9 Å². The maximum Gasteiger partial charge on any atom is 0.221 e. The Balaban J connectivity index is 2.28. The van der Waals surface area contributed by atoms with Crippen LogP contribution in [-0.4, -0.2) is 35.7 Å². The lowest BCUT2D eigenvalue weighted by molar-refractivity contribution is -0.123. The average Bonchev–Trinajstić information content (AvgIpc) is 2.26. The predicted molar refractivity (Wildman–Crippen MR) is 73.3 cm³/mol. The molecule has 18 heavy (non-hydrogen) atoms. The average molecular weight is 256 g/mol. The van der Waals surface area contributed by atoms with Crippen molar-refractivity contribution >= 4 is 5.91 Å². The summed E-state index contributed by atoms with van der Waals surface area (Å²) in [6.45, 7) is 7.46. The highest BCUT2D eigenvalue weighted by molar-refractivity contribution is 5.76. The largest absolute Gasteiger partial charge is 0.388 e. The van der Waals surface area contributed by atoms with Crippen LogP contribution in [0, 0.1) is 5.92 Å². The van der Waals surface area contributed by atoms with Crippen LogP contribution < -0.4 is 10.6 Å². The second-order valence-corrected chi connectivity index (χ2v) is 5.87. The number of hydrogen-bond acceptors (Lipinski definition) is 3. The Labute approximate surface area is 111 Å². The molecule has 3 atom stereocenters. The van der Waals surface area contributed by atoms with Crippen LogP contribution in [0.2, 0.25) is 0 Å². The van der Waals surface area contributed by atoms with E-state index in [0.717, 1.165) is 25.8 Å². The molecule has 1 saturated carbocycles. The monoisotopic (exact) mass is 256 g/mol. The molecule has 1 aliphatic rings. The Morgan fingerprint density at radius 2 is 2.28 bits per heavy atom. The predicted octanol–water partition coefficient (Wildman–Crippen LogP) is 1.43. The topological polar surface area (TPSA) is 61.4 Å². The first-order valence-corrected chi connectivity index (χ1v) is 7.17. The molecule has 0 aromatic carbocycles. The molecule has 0 aromatic rings. The van der Waals surface area contributed by atoms with Gasteiger partial charge in [0, 0.05) is 19.0 Å². The number of hydrogen-bond donors (Lipinski definition) is 3. The van der Waals surface area contributed by atoms with Gasteiger partial charge in [0.25, 0.3) is 0 Å². The van der Waals surface area contributed by atoms with Gasteiger partial charge in [0.15, 0.2) is 0 Å². The van der Waals surface area contributed by atoms with Crippen molar-refractivity contribution in [3.63, 3.8) is 0 Å². The molecule has 0 bridgehead atoms. The highest BCUT2D eigenvalue weighted by atomic mass is 16.3. The van der Waals surface area contributed by atoms with Gasteiger partial charge in [-0.05, 0) is 32.2 Å². The van der Waals surface area contributed by atoms with Crippen LogP contribution in [0.4, 0.5) is 0 Å². The normalized spacial score (nSPS) is 29.9. The summed E-state index contributed by atoms with van der Waals surface area (Å²) in [5, 5.41) is 16.5. The number of rotatable bonds is 6. The van der Waals surface area contributed by atoms with Gasteiger partial charge in [-0.3, -0.25) is 4.79 Å². The molecule has 3 unspecified atom stereocenters. The minimum absolute atomic E-state index is 0.0232.